The van der Waals surface area contributed by atoms with Crippen molar-refractivity contribution in [3.63, 3.8) is 0 Å². The maximum atomic E-state index is 13.3. The Balaban J connectivity index is 2.24. The number of nitriles is 1. The Labute approximate surface area is 129 Å². The summed E-state index contributed by atoms with van der Waals surface area (Å²) in [6.07, 6.45) is 0. The molecular formula is C16H9FN2O2S. The second-order valence-electron chi connectivity index (χ2n) is 4.74. The lowest BCUT2D eigenvalue weighted by molar-refractivity contribution is 0.0701. The second-order valence-corrected chi connectivity index (χ2v) is 5.74. The summed E-state index contributed by atoms with van der Waals surface area (Å²) in [4.78, 5) is 15.5. The Morgan fingerprint density at radius 2 is 2.14 bits per heavy atom. The molecule has 0 atom stereocenters. The molecule has 4 nitrogen and oxygen atoms in total. The number of nitrogens with zero attached hydrogens (tertiary/aromatic N) is 2. The molecule has 0 spiro atoms. The number of benzene rings is 2. The van der Waals surface area contributed by atoms with E-state index in [1.807, 2.05) is 6.07 Å². The van der Waals surface area contributed by atoms with Crippen LogP contribution in [0.5, 0.6) is 0 Å². The summed E-state index contributed by atoms with van der Waals surface area (Å²) >= 11 is 1.06. The summed E-state index contributed by atoms with van der Waals surface area (Å²) in [6, 6.07) is 9.65. The van der Waals surface area contributed by atoms with Crippen LogP contribution < -0.4 is 0 Å². The number of carboxylic acid groups (broad SMARTS) is 1. The van der Waals surface area contributed by atoms with Crippen LogP contribution in [0.15, 0.2) is 30.3 Å². The van der Waals surface area contributed by atoms with Crippen molar-refractivity contribution >= 4 is 28.1 Å². The van der Waals surface area contributed by atoms with E-state index in [-0.39, 0.29) is 4.88 Å². The van der Waals surface area contributed by atoms with E-state index in [1.54, 1.807) is 25.1 Å². The lowest BCUT2D eigenvalue weighted by Crippen LogP contribution is -1.94. The van der Waals surface area contributed by atoms with E-state index in [9.17, 15) is 14.4 Å². The Bertz CT molecular complexity index is 957. The number of aryl methyl sites for hydroxylation is 1. The van der Waals surface area contributed by atoms with Crippen LogP contribution in [0.4, 0.5) is 4.39 Å². The molecule has 0 bridgehead atoms. The van der Waals surface area contributed by atoms with Gasteiger partial charge in [-0.3, -0.25) is 0 Å². The van der Waals surface area contributed by atoms with Gasteiger partial charge in [0.15, 0.2) is 0 Å². The van der Waals surface area contributed by atoms with Crippen molar-refractivity contribution in [2.45, 2.75) is 6.92 Å². The molecule has 1 N–H and O–H groups in total. The fourth-order valence-electron chi connectivity index (χ4n) is 2.26. The molecule has 22 heavy (non-hydrogen) atoms. The molecule has 108 valence electrons. The van der Waals surface area contributed by atoms with E-state index < -0.39 is 11.8 Å². The highest BCUT2D eigenvalue weighted by Crippen LogP contribution is 2.32. The van der Waals surface area contributed by atoms with Gasteiger partial charge in [-0.15, -0.1) is 11.3 Å². The molecule has 0 aliphatic carbocycles. The van der Waals surface area contributed by atoms with Gasteiger partial charge in [-0.05, 0) is 36.6 Å². The molecule has 0 amide bonds. The Hall–Kier alpha value is -2.78. The molecule has 0 unspecified atom stereocenters. The third-order valence-corrected chi connectivity index (χ3v) is 4.47. The van der Waals surface area contributed by atoms with Crippen LogP contribution in [-0.2, 0) is 0 Å². The minimum atomic E-state index is -1.02. The lowest BCUT2D eigenvalue weighted by atomic mass is 10.0. The van der Waals surface area contributed by atoms with Crippen molar-refractivity contribution in [2.75, 3.05) is 0 Å². The van der Waals surface area contributed by atoms with Gasteiger partial charge < -0.3 is 5.11 Å². The first-order chi connectivity index (χ1) is 10.5. The van der Waals surface area contributed by atoms with E-state index in [0.717, 1.165) is 11.3 Å². The van der Waals surface area contributed by atoms with Crippen LogP contribution in [0.1, 0.15) is 20.9 Å². The fraction of sp³-hybridized carbons (Fsp3) is 0.0625. The smallest absolute Gasteiger partial charge is 0.347 e. The molecule has 0 aliphatic heterocycles. The van der Waals surface area contributed by atoms with E-state index in [1.165, 1.54) is 12.1 Å². The zero-order chi connectivity index (χ0) is 15.9. The molecule has 0 aliphatic rings. The molecule has 1 aromatic heterocycles. The maximum absolute atomic E-state index is 13.3. The van der Waals surface area contributed by atoms with Crippen LogP contribution in [0, 0.1) is 24.1 Å². The van der Waals surface area contributed by atoms with Gasteiger partial charge in [-0.2, -0.15) is 5.26 Å². The number of carboxylic acids is 1. The predicted octanol–water partition coefficient (Wildman–Crippen LogP) is 3.98. The number of halogens is 1. The molecule has 1 heterocycles. The van der Waals surface area contributed by atoms with Gasteiger partial charge in [-0.1, -0.05) is 6.07 Å². The van der Waals surface area contributed by atoms with E-state index in [4.69, 9.17) is 5.11 Å². The number of aromatic carboxylic acids is 1. The number of hydrogen-bond acceptors (Lipinski definition) is 4. The second kappa shape index (κ2) is 5.20. The number of rotatable bonds is 2. The lowest BCUT2D eigenvalue weighted by Gasteiger charge is -2.04. The minimum Gasteiger partial charge on any atom is -0.477 e. The van der Waals surface area contributed by atoms with Gasteiger partial charge >= 0.3 is 5.97 Å². The zero-order valence-electron chi connectivity index (χ0n) is 11.4. The van der Waals surface area contributed by atoms with Crippen molar-refractivity contribution in [1.29, 1.82) is 5.26 Å². The van der Waals surface area contributed by atoms with Gasteiger partial charge in [0.1, 0.15) is 15.7 Å². The Morgan fingerprint density at radius 3 is 2.77 bits per heavy atom. The largest absolute Gasteiger partial charge is 0.477 e. The summed E-state index contributed by atoms with van der Waals surface area (Å²) in [5.74, 6) is -1.43. The highest BCUT2D eigenvalue weighted by Gasteiger charge is 2.16. The average molecular weight is 312 g/mol. The SMILES string of the molecule is Cc1nc(-c2cc(C#N)c3cc(F)ccc3c2)sc1C(=O)O. The first-order valence-corrected chi connectivity index (χ1v) is 7.16. The van der Waals surface area contributed by atoms with Crippen LogP contribution in [0.3, 0.4) is 0 Å². The van der Waals surface area contributed by atoms with Crippen LogP contribution in [0.2, 0.25) is 0 Å². The number of hydrogen-bond donors (Lipinski definition) is 1. The topological polar surface area (TPSA) is 74.0 Å². The van der Waals surface area contributed by atoms with Gasteiger partial charge in [0, 0.05) is 10.9 Å². The normalized spacial score (nSPS) is 10.6. The molecule has 3 aromatic rings. The monoisotopic (exact) mass is 312 g/mol. The number of thiazole rings is 1. The third-order valence-electron chi connectivity index (χ3n) is 3.27. The summed E-state index contributed by atoms with van der Waals surface area (Å²) in [7, 11) is 0. The summed E-state index contributed by atoms with van der Waals surface area (Å²) in [6.45, 7) is 1.63. The standard InChI is InChI=1S/C16H9FN2O2S/c1-8-14(16(20)21)22-15(19-8)10-4-9-2-3-12(17)6-13(9)11(5-10)7-18/h2-6H,1H3,(H,20,21). The van der Waals surface area contributed by atoms with E-state index in [0.29, 0.717) is 32.6 Å². The van der Waals surface area contributed by atoms with Crippen molar-refractivity contribution < 1.29 is 14.3 Å². The van der Waals surface area contributed by atoms with Crippen molar-refractivity contribution in [3.8, 4) is 16.6 Å². The quantitative estimate of drug-likeness (QED) is 0.776. The Morgan fingerprint density at radius 1 is 1.36 bits per heavy atom. The Kier molecular flexibility index (Phi) is 3.35. The van der Waals surface area contributed by atoms with Gasteiger partial charge in [0.05, 0.1) is 17.3 Å². The molecule has 0 saturated heterocycles. The molecular weight excluding hydrogens is 303 g/mol. The molecule has 0 radical (unpaired) electrons. The first-order valence-electron chi connectivity index (χ1n) is 6.34. The van der Waals surface area contributed by atoms with Gasteiger partial charge in [0.2, 0.25) is 0 Å². The number of carbonyl (C=O) groups is 1. The van der Waals surface area contributed by atoms with Crippen molar-refractivity contribution in [3.05, 3.63) is 52.3 Å². The van der Waals surface area contributed by atoms with Crippen molar-refractivity contribution in [2.24, 2.45) is 0 Å². The van der Waals surface area contributed by atoms with Crippen molar-refractivity contribution in [1.82, 2.24) is 4.98 Å². The molecule has 0 fully saturated rings. The number of fused-ring (bicyclic) bond motifs is 1. The van der Waals surface area contributed by atoms with Crippen LogP contribution in [-0.4, -0.2) is 16.1 Å². The molecule has 6 heteroatoms. The summed E-state index contributed by atoms with van der Waals surface area (Å²) in [5, 5.41) is 20.1. The van der Waals surface area contributed by atoms with Gasteiger partial charge in [-0.25, -0.2) is 14.2 Å². The first kappa shape index (κ1) is 14.2. The average Bonchev–Trinajstić information content (AvgIpc) is 2.88. The van der Waals surface area contributed by atoms with E-state index in [2.05, 4.69) is 4.98 Å². The van der Waals surface area contributed by atoms with Crippen LogP contribution in [0.25, 0.3) is 21.3 Å². The molecule has 2 aromatic carbocycles. The molecule has 0 saturated carbocycles. The third kappa shape index (κ3) is 2.32. The highest BCUT2D eigenvalue weighted by atomic mass is 32.1. The molecule has 3 rings (SSSR count). The van der Waals surface area contributed by atoms with Gasteiger partial charge in [0.25, 0.3) is 0 Å². The predicted molar refractivity (Wildman–Crippen MR) is 81.4 cm³/mol. The summed E-state index contributed by atoms with van der Waals surface area (Å²) < 4.78 is 13.3. The number of aromatic nitrogens is 1. The maximum Gasteiger partial charge on any atom is 0.347 e. The minimum absolute atomic E-state index is 0.174. The van der Waals surface area contributed by atoms with Crippen LogP contribution >= 0.6 is 11.3 Å². The summed E-state index contributed by atoms with van der Waals surface area (Å²) in [5.41, 5.74) is 1.41. The fourth-order valence-corrected chi connectivity index (χ4v) is 3.16. The highest BCUT2D eigenvalue weighted by molar-refractivity contribution is 7.17. The zero-order valence-corrected chi connectivity index (χ0v) is 12.2. The van der Waals surface area contributed by atoms with E-state index >= 15 is 0 Å².